The highest BCUT2D eigenvalue weighted by atomic mass is 32.1. The smallest absolute Gasteiger partial charge is 0.284 e. The number of aliphatic hydroxyl groups is 1. The maximum atomic E-state index is 12.8. The van der Waals surface area contributed by atoms with Gasteiger partial charge in [-0.25, -0.2) is 0 Å². The Morgan fingerprint density at radius 1 is 1.17 bits per heavy atom. The number of anilines is 1. The summed E-state index contributed by atoms with van der Waals surface area (Å²) in [5.41, 5.74) is 5.61. The van der Waals surface area contributed by atoms with Gasteiger partial charge in [-0.1, -0.05) is 29.5 Å². The zero-order valence-corrected chi connectivity index (χ0v) is 20.7. The molecule has 2 N–H and O–H groups in total. The summed E-state index contributed by atoms with van der Waals surface area (Å²) < 4.78 is 1.78. The van der Waals surface area contributed by atoms with Gasteiger partial charge in [0, 0.05) is 55.4 Å². The van der Waals surface area contributed by atoms with Crippen LogP contribution in [0.4, 0.5) is 5.69 Å². The molecule has 9 nitrogen and oxygen atoms in total. The maximum absolute atomic E-state index is 12.8. The molecule has 0 aliphatic carbocycles. The van der Waals surface area contributed by atoms with Crippen LogP contribution in [0.15, 0.2) is 48.9 Å². The van der Waals surface area contributed by atoms with E-state index in [0.717, 1.165) is 33.6 Å². The molecule has 4 aromatic rings. The van der Waals surface area contributed by atoms with E-state index in [1.165, 1.54) is 11.3 Å². The molecule has 10 heteroatoms. The molecular weight excluding hydrogens is 462 g/mol. The number of aliphatic hydroxyl groups excluding tert-OH is 1. The summed E-state index contributed by atoms with van der Waals surface area (Å²) in [5.74, 6) is -0.194. The Balaban J connectivity index is 1.47. The molecule has 3 aromatic heterocycles. The molecule has 1 amide bonds. The van der Waals surface area contributed by atoms with Crippen LogP contribution in [0.2, 0.25) is 0 Å². The summed E-state index contributed by atoms with van der Waals surface area (Å²) in [4.78, 5) is 19.1. The highest BCUT2D eigenvalue weighted by molar-refractivity contribution is 7.16. The largest absolute Gasteiger partial charge is 0.391 e. The first-order valence-corrected chi connectivity index (χ1v) is 12.4. The number of benzene rings is 1. The predicted molar refractivity (Wildman–Crippen MR) is 136 cm³/mol. The van der Waals surface area contributed by atoms with Crippen LogP contribution in [0.3, 0.4) is 0 Å². The molecule has 35 heavy (non-hydrogen) atoms. The Morgan fingerprint density at radius 3 is 2.71 bits per heavy atom. The average molecular weight is 490 g/mol. The molecule has 1 saturated heterocycles. The van der Waals surface area contributed by atoms with Crippen LogP contribution in [0.5, 0.6) is 0 Å². The van der Waals surface area contributed by atoms with Crippen LogP contribution < -0.4 is 5.32 Å². The Bertz CT molecular complexity index is 1360. The highest BCUT2D eigenvalue weighted by Gasteiger charge is 2.28. The lowest BCUT2D eigenvalue weighted by Crippen LogP contribution is -2.29. The number of pyridine rings is 1. The Labute approximate surface area is 207 Å². The van der Waals surface area contributed by atoms with Crippen molar-refractivity contribution in [2.24, 2.45) is 7.05 Å². The Kier molecular flexibility index (Phi) is 6.31. The molecule has 4 heterocycles. The molecule has 0 spiro atoms. The van der Waals surface area contributed by atoms with E-state index in [1.807, 2.05) is 37.6 Å². The molecule has 5 rings (SSSR count). The summed E-state index contributed by atoms with van der Waals surface area (Å²) >= 11 is 1.24. The van der Waals surface area contributed by atoms with E-state index < -0.39 is 6.10 Å². The van der Waals surface area contributed by atoms with Gasteiger partial charge in [-0.15, -0.1) is 10.2 Å². The first kappa shape index (κ1) is 23.1. The normalized spacial score (nSPS) is 15.7. The van der Waals surface area contributed by atoms with E-state index in [-0.39, 0.29) is 11.9 Å². The predicted octanol–water partition coefficient (Wildman–Crippen LogP) is 3.69. The number of nitrogens with zero attached hydrogens (tertiary/aromatic N) is 6. The lowest BCUT2D eigenvalue weighted by atomic mass is 10.0. The number of rotatable bonds is 6. The number of likely N-dealkylation sites (tertiary alicyclic amines) is 1. The zero-order chi connectivity index (χ0) is 24.5. The van der Waals surface area contributed by atoms with Crippen molar-refractivity contribution in [1.82, 2.24) is 29.9 Å². The first-order valence-electron chi connectivity index (χ1n) is 11.5. The molecule has 0 bridgehead atoms. The number of carbonyl (C=O) groups excluding carboxylic acids is 1. The van der Waals surface area contributed by atoms with Gasteiger partial charge in [-0.3, -0.25) is 14.5 Å². The van der Waals surface area contributed by atoms with E-state index in [1.54, 1.807) is 15.8 Å². The third-order valence-corrected chi connectivity index (χ3v) is 6.78. The fourth-order valence-corrected chi connectivity index (χ4v) is 4.96. The molecule has 1 fully saturated rings. The van der Waals surface area contributed by atoms with E-state index >= 15 is 0 Å². The summed E-state index contributed by atoms with van der Waals surface area (Å²) in [6, 6.07) is 10.4. The fourth-order valence-electron chi connectivity index (χ4n) is 4.12. The number of amides is 1. The van der Waals surface area contributed by atoms with E-state index in [0.29, 0.717) is 29.5 Å². The van der Waals surface area contributed by atoms with Gasteiger partial charge in [-0.05, 0) is 38.0 Å². The van der Waals surface area contributed by atoms with Crippen molar-refractivity contribution in [3.8, 4) is 33.0 Å². The highest BCUT2D eigenvalue weighted by Crippen LogP contribution is 2.34. The number of β-amino-alcohol motifs (C(OH)–C–C–N with tert-alkyl or cyclic N) is 1. The summed E-state index contributed by atoms with van der Waals surface area (Å²) in [7, 11) is 1.90. The molecule has 1 aromatic carbocycles. The van der Waals surface area contributed by atoms with Gasteiger partial charge in [0.2, 0.25) is 5.01 Å². The quantitative estimate of drug-likeness (QED) is 0.425. The van der Waals surface area contributed by atoms with Gasteiger partial charge in [0.1, 0.15) is 0 Å². The summed E-state index contributed by atoms with van der Waals surface area (Å²) in [6.45, 7) is 5.01. The van der Waals surface area contributed by atoms with Gasteiger partial charge in [0.15, 0.2) is 5.01 Å². The molecule has 0 saturated carbocycles. The molecule has 0 radical (unpaired) electrons. The van der Waals surface area contributed by atoms with Gasteiger partial charge in [-0.2, -0.15) is 5.10 Å². The first-order chi connectivity index (χ1) is 16.9. The van der Waals surface area contributed by atoms with Crippen LogP contribution in [0.25, 0.3) is 33.0 Å². The number of nitrogens with one attached hydrogen (secondary N) is 1. The number of aryl methyl sites for hydroxylation is 1. The van der Waals surface area contributed by atoms with Gasteiger partial charge in [0.05, 0.1) is 23.6 Å². The number of hydrogen-bond donors (Lipinski definition) is 2. The second-order valence-corrected chi connectivity index (χ2v) is 9.98. The van der Waals surface area contributed by atoms with Crippen molar-refractivity contribution in [3.63, 3.8) is 0 Å². The van der Waals surface area contributed by atoms with Crippen LogP contribution in [-0.4, -0.2) is 66.1 Å². The van der Waals surface area contributed by atoms with Crippen molar-refractivity contribution < 1.29 is 9.90 Å². The third kappa shape index (κ3) is 4.94. The fraction of sp³-hybridized carbons (Fsp3) is 0.320. The minimum atomic E-state index is -0.471. The zero-order valence-electron chi connectivity index (χ0n) is 19.8. The van der Waals surface area contributed by atoms with Crippen molar-refractivity contribution in [1.29, 1.82) is 0 Å². The van der Waals surface area contributed by atoms with E-state index in [9.17, 15) is 9.90 Å². The number of aromatic nitrogens is 5. The van der Waals surface area contributed by atoms with Gasteiger partial charge < -0.3 is 15.3 Å². The lowest BCUT2D eigenvalue weighted by molar-refractivity contribution is 0.0763. The summed E-state index contributed by atoms with van der Waals surface area (Å²) in [5, 5.41) is 26.9. The monoisotopic (exact) mass is 489 g/mol. The van der Waals surface area contributed by atoms with E-state index in [2.05, 4.69) is 46.6 Å². The average Bonchev–Trinajstić information content (AvgIpc) is 3.60. The topological polar surface area (TPSA) is 109 Å². The number of hydrogen-bond acceptors (Lipinski definition) is 8. The molecule has 1 aliphatic rings. The minimum Gasteiger partial charge on any atom is -0.391 e. The summed E-state index contributed by atoms with van der Waals surface area (Å²) in [6.07, 6.45) is 5.73. The number of carbonyl (C=O) groups is 1. The molecule has 1 unspecified atom stereocenters. The van der Waals surface area contributed by atoms with Crippen molar-refractivity contribution >= 4 is 22.9 Å². The maximum Gasteiger partial charge on any atom is 0.284 e. The molecule has 1 aliphatic heterocycles. The lowest BCUT2D eigenvalue weighted by Gasteiger charge is -2.15. The van der Waals surface area contributed by atoms with Gasteiger partial charge >= 0.3 is 0 Å². The van der Waals surface area contributed by atoms with Crippen LogP contribution in [-0.2, 0) is 7.05 Å². The van der Waals surface area contributed by atoms with Gasteiger partial charge in [0.25, 0.3) is 5.91 Å². The second-order valence-electron chi connectivity index (χ2n) is 9.00. The molecular formula is C25H27N7O2S. The second kappa shape index (κ2) is 9.55. The molecule has 1 atom stereocenters. The van der Waals surface area contributed by atoms with Crippen LogP contribution >= 0.6 is 11.3 Å². The Morgan fingerprint density at radius 2 is 2.00 bits per heavy atom. The Hall–Kier alpha value is -3.63. The van der Waals surface area contributed by atoms with Crippen molar-refractivity contribution in [2.45, 2.75) is 32.4 Å². The standard InChI is InChI=1S/C25H27N7O2S/c1-15(2)28-22-10-21(17-6-4-5-16(9-17)18-11-27-31(3)13-18)26-12-20(22)23-29-30-24(35-23)25(34)32-8-7-19(33)14-32/h4-6,9-13,15,19,33H,7-8,14H2,1-3H3,(H,26,28). The van der Waals surface area contributed by atoms with E-state index in [4.69, 9.17) is 4.98 Å². The van der Waals surface area contributed by atoms with Crippen molar-refractivity contribution in [3.05, 3.63) is 53.9 Å². The molecule has 180 valence electrons. The van der Waals surface area contributed by atoms with Crippen molar-refractivity contribution in [2.75, 3.05) is 18.4 Å². The minimum absolute atomic E-state index is 0.186. The van der Waals surface area contributed by atoms with Crippen LogP contribution in [0, 0.1) is 0 Å². The SMILES string of the molecule is CC(C)Nc1cc(-c2cccc(-c3cnn(C)c3)c2)ncc1-c1nnc(C(=O)N2CCC(O)C2)s1. The van der Waals surface area contributed by atoms with Crippen LogP contribution in [0.1, 0.15) is 30.1 Å². The third-order valence-electron chi connectivity index (χ3n) is 5.83.